The molecule has 0 saturated carbocycles. The highest BCUT2D eigenvalue weighted by Crippen LogP contribution is 2.16. The molecule has 3 aromatic carbocycles. The Kier molecular flexibility index (Phi) is 8.14. The van der Waals surface area contributed by atoms with Crippen molar-refractivity contribution < 1.29 is 23.9 Å². The van der Waals surface area contributed by atoms with Gasteiger partial charge in [0, 0.05) is 11.4 Å². The number of nitrogens with zero attached hydrogens (tertiary/aromatic N) is 1. The van der Waals surface area contributed by atoms with Crippen LogP contribution in [0.25, 0.3) is 6.08 Å². The van der Waals surface area contributed by atoms with Crippen LogP contribution >= 0.6 is 0 Å². The highest BCUT2D eigenvalue weighted by molar-refractivity contribution is 6.09. The second-order valence-electron chi connectivity index (χ2n) is 6.96. The Labute approximate surface area is 196 Å². The predicted molar refractivity (Wildman–Crippen MR) is 127 cm³/mol. The van der Waals surface area contributed by atoms with Crippen LogP contribution in [-0.4, -0.2) is 31.5 Å². The van der Waals surface area contributed by atoms with Crippen LogP contribution in [0.1, 0.15) is 15.9 Å². The van der Waals surface area contributed by atoms with Gasteiger partial charge in [0.1, 0.15) is 17.4 Å². The van der Waals surface area contributed by atoms with Gasteiger partial charge in [-0.1, -0.05) is 30.3 Å². The maximum Gasteiger partial charge on any atom is 0.337 e. The van der Waals surface area contributed by atoms with E-state index < -0.39 is 11.9 Å². The smallest absolute Gasteiger partial charge is 0.337 e. The van der Waals surface area contributed by atoms with E-state index in [0.29, 0.717) is 28.3 Å². The summed E-state index contributed by atoms with van der Waals surface area (Å²) in [6.45, 7) is -0.162. The summed E-state index contributed by atoms with van der Waals surface area (Å²) >= 11 is 0. The van der Waals surface area contributed by atoms with Gasteiger partial charge in [-0.05, 0) is 60.2 Å². The second kappa shape index (κ2) is 11.6. The standard InChI is InChI=1S/C26H21N3O5/c1-33-26(32)19-9-11-22(12-10-19)29-25(31)20(16-27)15-18-7-13-23(14-8-18)34-17-24(30)28-21-5-3-2-4-6-21/h2-15H,17H2,1H3,(H,28,30)(H,29,31)/b20-15+. The maximum absolute atomic E-state index is 12.5. The molecular weight excluding hydrogens is 434 g/mol. The summed E-state index contributed by atoms with van der Waals surface area (Å²) < 4.78 is 10.1. The molecule has 8 heteroatoms. The highest BCUT2D eigenvalue weighted by atomic mass is 16.5. The van der Waals surface area contributed by atoms with E-state index in [1.807, 2.05) is 24.3 Å². The van der Waals surface area contributed by atoms with Crippen LogP contribution in [0.5, 0.6) is 5.75 Å². The zero-order chi connectivity index (χ0) is 24.3. The summed E-state index contributed by atoms with van der Waals surface area (Å²) in [5, 5.41) is 14.7. The lowest BCUT2D eigenvalue weighted by molar-refractivity contribution is -0.118. The van der Waals surface area contributed by atoms with Crippen molar-refractivity contribution in [1.29, 1.82) is 5.26 Å². The van der Waals surface area contributed by atoms with Gasteiger partial charge in [0.05, 0.1) is 12.7 Å². The number of anilines is 2. The number of hydrogen-bond donors (Lipinski definition) is 2. The number of esters is 1. The Bertz CT molecular complexity index is 1230. The number of carbonyl (C=O) groups is 3. The summed E-state index contributed by atoms with van der Waals surface area (Å²) in [6.07, 6.45) is 1.43. The number of rotatable bonds is 8. The molecule has 0 aliphatic carbocycles. The third-order valence-electron chi connectivity index (χ3n) is 4.55. The number of methoxy groups -OCH3 is 1. The van der Waals surface area contributed by atoms with Crippen LogP contribution in [-0.2, 0) is 14.3 Å². The van der Waals surface area contributed by atoms with Gasteiger partial charge in [0.15, 0.2) is 6.61 Å². The first-order valence-corrected chi connectivity index (χ1v) is 10.2. The van der Waals surface area contributed by atoms with Gasteiger partial charge in [0.25, 0.3) is 11.8 Å². The molecule has 34 heavy (non-hydrogen) atoms. The molecule has 0 radical (unpaired) electrons. The van der Waals surface area contributed by atoms with Gasteiger partial charge in [-0.3, -0.25) is 9.59 Å². The van der Waals surface area contributed by atoms with E-state index in [4.69, 9.17) is 4.74 Å². The van der Waals surface area contributed by atoms with Gasteiger partial charge >= 0.3 is 5.97 Å². The third kappa shape index (κ3) is 6.80. The number of carbonyl (C=O) groups excluding carboxylic acids is 3. The SMILES string of the molecule is COC(=O)c1ccc(NC(=O)/C(C#N)=C/c2ccc(OCC(=O)Nc3ccccc3)cc2)cc1. The quantitative estimate of drug-likeness (QED) is 0.301. The molecule has 0 saturated heterocycles. The summed E-state index contributed by atoms with van der Waals surface area (Å²) in [4.78, 5) is 35.9. The first kappa shape index (κ1) is 23.8. The molecule has 3 rings (SSSR count). The normalized spacial score (nSPS) is 10.5. The third-order valence-corrected chi connectivity index (χ3v) is 4.55. The second-order valence-corrected chi connectivity index (χ2v) is 6.96. The van der Waals surface area contributed by atoms with Crippen LogP contribution in [0.3, 0.4) is 0 Å². The average Bonchev–Trinajstić information content (AvgIpc) is 2.87. The fourth-order valence-electron chi connectivity index (χ4n) is 2.85. The molecule has 0 spiro atoms. The molecule has 0 aliphatic rings. The number of benzene rings is 3. The van der Waals surface area contributed by atoms with E-state index in [2.05, 4.69) is 15.4 Å². The van der Waals surface area contributed by atoms with Crippen LogP contribution in [0.4, 0.5) is 11.4 Å². The Balaban J connectivity index is 1.57. The Hall–Kier alpha value is -4.90. The molecule has 3 aromatic rings. The number of nitriles is 1. The van der Waals surface area contributed by atoms with E-state index in [1.165, 1.54) is 25.3 Å². The lowest BCUT2D eigenvalue weighted by Crippen LogP contribution is -2.20. The number of hydrogen-bond acceptors (Lipinski definition) is 6. The molecule has 170 valence electrons. The molecule has 0 aliphatic heterocycles. The zero-order valence-corrected chi connectivity index (χ0v) is 18.3. The van der Waals surface area contributed by atoms with E-state index in [-0.39, 0.29) is 18.1 Å². The van der Waals surface area contributed by atoms with Crippen molar-refractivity contribution in [2.24, 2.45) is 0 Å². The fourth-order valence-corrected chi connectivity index (χ4v) is 2.85. The Morgan fingerprint density at radius 1 is 0.882 bits per heavy atom. The Morgan fingerprint density at radius 3 is 2.15 bits per heavy atom. The molecule has 2 N–H and O–H groups in total. The van der Waals surface area contributed by atoms with Crippen LogP contribution in [0.15, 0.2) is 84.4 Å². The first-order chi connectivity index (χ1) is 16.5. The lowest BCUT2D eigenvalue weighted by Gasteiger charge is -2.08. The fraction of sp³-hybridized carbons (Fsp3) is 0.0769. The van der Waals surface area contributed by atoms with Gasteiger partial charge < -0.3 is 20.1 Å². The highest BCUT2D eigenvalue weighted by Gasteiger charge is 2.11. The Morgan fingerprint density at radius 2 is 1.53 bits per heavy atom. The minimum absolute atomic E-state index is 0.104. The first-order valence-electron chi connectivity index (χ1n) is 10.2. The number of amides is 2. The van der Waals surface area contributed by atoms with Crippen molar-refractivity contribution >= 4 is 35.2 Å². The summed E-state index contributed by atoms with van der Waals surface area (Å²) in [7, 11) is 1.28. The monoisotopic (exact) mass is 455 g/mol. The number of para-hydroxylation sites is 1. The minimum atomic E-state index is -0.591. The maximum atomic E-state index is 12.5. The van der Waals surface area contributed by atoms with Crippen molar-refractivity contribution in [1.82, 2.24) is 0 Å². The van der Waals surface area contributed by atoms with Crippen LogP contribution in [0, 0.1) is 11.3 Å². The van der Waals surface area contributed by atoms with Gasteiger partial charge in [-0.2, -0.15) is 5.26 Å². The molecule has 8 nitrogen and oxygen atoms in total. The average molecular weight is 455 g/mol. The topological polar surface area (TPSA) is 118 Å². The summed E-state index contributed by atoms with van der Waals surface area (Å²) in [5.74, 6) is -0.904. The van der Waals surface area contributed by atoms with E-state index in [0.717, 1.165) is 0 Å². The van der Waals surface area contributed by atoms with Gasteiger partial charge in [-0.15, -0.1) is 0 Å². The molecule has 0 unspecified atom stereocenters. The van der Waals surface area contributed by atoms with Crippen LogP contribution < -0.4 is 15.4 Å². The van der Waals surface area contributed by atoms with Crippen molar-refractivity contribution in [3.8, 4) is 11.8 Å². The minimum Gasteiger partial charge on any atom is -0.484 e. The van der Waals surface area contributed by atoms with Crippen molar-refractivity contribution in [2.75, 3.05) is 24.4 Å². The number of nitrogens with one attached hydrogen (secondary N) is 2. The van der Waals surface area contributed by atoms with E-state index in [9.17, 15) is 19.6 Å². The van der Waals surface area contributed by atoms with Gasteiger partial charge in [0.2, 0.25) is 0 Å². The zero-order valence-electron chi connectivity index (χ0n) is 18.3. The molecule has 0 atom stereocenters. The molecule has 0 aromatic heterocycles. The van der Waals surface area contributed by atoms with Crippen LogP contribution in [0.2, 0.25) is 0 Å². The lowest BCUT2D eigenvalue weighted by atomic mass is 10.1. The molecule has 0 bridgehead atoms. The number of ether oxygens (including phenoxy) is 2. The van der Waals surface area contributed by atoms with Crippen molar-refractivity contribution in [2.45, 2.75) is 0 Å². The molecule has 0 heterocycles. The van der Waals surface area contributed by atoms with Crippen molar-refractivity contribution in [3.63, 3.8) is 0 Å². The van der Waals surface area contributed by atoms with E-state index in [1.54, 1.807) is 48.5 Å². The molecular formula is C26H21N3O5. The largest absolute Gasteiger partial charge is 0.484 e. The molecule has 0 fully saturated rings. The van der Waals surface area contributed by atoms with Crippen molar-refractivity contribution in [3.05, 3.63) is 95.6 Å². The van der Waals surface area contributed by atoms with Gasteiger partial charge in [-0.25, -0.2) is 4.79 Å². The summed E-state index contributed by atoms with van der Waals surface area (Å²) in [6, 6.07) is 23.6. The predicted octanol–water partition coefficient (Wildman–Crippen LogP) is 4.04. The van der Waals surface area contributed by atoms with E-state index >= 15 is 0 Å². The summed E-state index contributed by atoms with van der Waals surface area (Å²) in [5.41, 5.74) is 1.95. The molecule has 2 amide bonds.